The van der Waals surface area contributed by atoms with Gasteiger partial charge in [-0.3, -0.25) is 0 Å². The Morgan fingerprint density at radius 3 is 2.61 bits per heavy atom. The Morgan fingerprint density at radius 1 is 1.17 bits per heavy atom. The lowest BCUT2D eigenvalue weighted by atomic mass is 10.2. The van der Waals surface area contributed by atoms with Crippen LogP contribution in [-0.4, -0.2) is 26.2 Å². The van der Waals surface area contributed by atoms with E-state index in [4.69, 9.17) is 14.7 Å². The van der Waals surface area contributed by atoms with Gasteiger partial charge in [0.15, 0.2) is 0 Å². The number of carbonyl (C=O) groups is 1. The number of hydrogen-bond acceptors (Lipinski definition) is 5. The van der Waals surface area contributed by atoms with Gasteiger partial charge in [0, 0.05) is 12.2 Å². The van der Waals surface area contributed by atoms with Crippen molar-refractivity contribution in [2.45, 2.75) is 6.42 Å². The average Bonchev–Trinajstić information content (AvgIpc) is 2.61. The fourth-order valence-electron chi connectivity index (χ4n) is 2.04. The third-order valence-corrected chi connectivity index (χ3v) is 3.22. The topological polar surface area (TPSA) is 71.3 Å². The van der Waals surface area contributed by atoms with Crippen molar-refractivity contribution in [1.29, 1.82) is 5.26 Å². The molecule has 2 aromatic carbocycles. The summed E-state index contributed by atoms with van der Waals surface area (Å²) in [7, 11) is 1.37. The van der Waals surface area contributed by atoms with E-state index in [1.54, 1.807) is 36.4 Å². The number of para-hydroxylation sites is 1. The fraction of sp³-hybridized carbons (Fsp3) is 0.222. The van der Waals surface area contributed by atoms with Crippen molar-refractivity contribution in [3.05, 3.63) is 59.7 Å². The van der Waals surface area contributed by atoms with Gasteiger partial charge >= 0.3 is 5.97 Å². The molecule has 5 nitrogen and oxygen atoms in total. The van der Waals surface area contributed by atoms with Gasteiger partial charge in [-0.05, 0) is 42.8 Å². The van der Waals surface area contributed by atoms with Crippen LogP contribution in [-0.2, 0) is 4.74 Å². The molecule has 0 saturated heterocycles. The molecule has 0 saturated carbocycles. The first-order chi connectivity index (χ1) is 11.2. The Kier molecular flexibility index (Phi) is 6.01. The molecule has 5 heteroatoms. The highest BCUT2D eigenvalue weighted by molar-refractivity contribution is 5.95. The minimum atomic E-state index is -0.359. The van der Waals surface area contributed by atoms with Gasteiger partial charge in [0.2, 0.25) is 0 Å². The molecule has 2 rings (SSSR count). The zero-order valence-electron chi connectivity index (χ0n) is 12.9. The number of nitriles is 1. The fourth-order valence-corrected chi connectivity index (χ4v) is 2.04. The monoisotopic (exact) mass is 310 g/mol. The van der Waals surface area contributed by atoms with Gasteiger partial charge in [-0.2, -0.15) is 5.26 Å². The van der Waals surface area contributed by atoms with Crippen LogP contribution in [0.5, 0.6) is 5.75 Å². The van der Waals surface area contributed by atoms with Crippen molar-refractivity contribution in [2.24, 2.45) is 0 Å². The number of methoxy groups -OCH3 is 1. The Bertz CT molecular complexity index is 690. The smallest absolute Gasteiger partial charge is 0.339 e. The summed E-state index contributed by atoms with van der Waals surface area (Å²) in [6.45, 7) is 1.21. The van der Waals surface area contributed by atoms with Crippen molar-refractivity contribution < 1.29 is 14.3 Å². The first-order valence-electron chi connectivity index (χ1n) is 7.29. The van der Waals surface area contributed by atoms with E-state index in [-0.39, 0.29) is 5.97 Å². The predicted octanol–water partition coefficient (Wildman–Crippen LogP) is 3.23. The molecule has 0 aliphatic heterocycles. The lowest BCUT2D eigenvalue weighted by molar-refractivity contribution is 0.0602. The summed E-state index contributed by atoms with van der Waals surface area (Å²) in [6, 6.07) is 16.3. The summed E-state index contributed by atoms with van der Waals surface area (Å²) >= 11 is 0. The number of rotatable bonds is 7. The normalized spacial score (nSPS) is 9.74. The quantitative estimate of drug-likeness (QED) is 0.628. The molecule has 118 valence electrons. The zero-order chi connectivity index (χ0) is 16.5. The molecule has 0 spiro atoms. The number of benzene rings is 2. The number of ether oxygens (including phenoxy) is 2. The van der Waals surface area contributed by atoms with Gasteiger partial charge in [-0.15, -0.1) is 0 Å². The summed E-state index contributed by atoms with van der Waals surface area (Å²) in [5, 5.41) is 11.9. The molecule has 0 unspecified atom stereocenters. The van der Waals surface area contributed by atoms with E-state index >= 15 is 0 Å². The molecular weight excluding hydrogens is 292 g/mol. The Morgan fingerprint density at radius 2 is 1.91 bits per heavy atom. The standard InChI is InChI=1S/C18H18N2O3/c1-22-18(21)16-5-2-3-6-17(16)20-11-4-12-23-15-9-7-14(13-19)8-10-15/h2-3,5-10,20H,4,11-12H2,1H3. The van der Waals surface area contributed by atoms with Gasteiger partial charge < -0.3 is 14.8 Å². The Balaban J connectivity index is 1.77. The van der Waals surface area contributed by atoms with Crippen LogP contribution in [0.1, 0.15) is 22.3 Å². The van der Waals surface area contributed by atoms with Gasteiger partial charge in [0.1, 0.15) is 5.75 Å². The van der Waals surface area contributed by atoms with E-state index < -0.39 is 0 Å². The van der Waals surface area contributed by atoms with Crippen molar-refractivity contribution in [3.8, 4) is 11.8 Å². The summed E-state index contributed by atoms with van der Waals surface area (Å²) < 4.78 is 10.4. The maximum atomic E-state index is 11.7. The number of nitrogens with zero attached hydrogens (tertiary/aromatic N) is 1. The maximum absolute atomic E-state index is 11.7. The molecule has 0 bridgehead atoms. The average molecular weight is 310 g/mol. The van der Waals surface area contributed by atoms with Gasteiger partial charge in [0.25, 0.3) is 0 Å². The number of carbonyl (C=O) groups excluding carboxylic acids is 1. The summed E-state index contributed by atoms with van der Waals surface area (Å²) in [4.78, 5) is 11.7. The number of anilines is 1. The molecule has 0 amide bonds. The molecule has 0 atom stereocenters. The van der Waals surface area contributed by atoms with Gasteiger partial charge in [0.05, 0.1) is 30.9 Å². The molecule has 0 radical (unpaired) electrons. The number of esters is 1. The van der Waals surface area contributed by atoms with Crippen LogP contribution in [0.25, 0.3) is 0 Å². The van der Waals surface area contributed by atoms with Crippen LogP contribution >= 0.6 is 0 Å². The second-order valence-electron chi connectivity index (χ2n) is 4.80. The van der Waals surface area contributed by atoms with Crippen LogP contribution in [0.2, 0.25) is 0 Å². The van der Waals surface area contributed by atoms with Gasteiger partial charge in [-0.1, -0.05) is 12.1 Å². The third-order valence-electron chi connectivity index (χ3n) is 3.22. The minimum Gasteiger partial charge on any atom is -0.494 e. The SMILES string of the molecule is COC(=O)c1ccccc1NCCCOc1ccc(C#N)cc1. The van der Waals surface area contributed by atoms with Crippen molar-refractivity contribution in [3.63, 3.8) is 0 Å². The molecule has 0 aliphatic rings. The van der Waals surface area contributed by atoms with E-state index in [9.17, 15) is 4.79 Å². The van der Waals surface area contributed by atoms with Crippen molar-refractivity contribution >= 4 is 11.7 Å². The second-order valence-corrected chi connectivity index (χ2v) is 4.80. The number of nitrogens with one attached hydrogen (secondary N) is 1. The van der Waals surface area contributed by atoms with Crippen molar-refractivity contribution in [2.75, 3.05) is 25.6 Å². The highest BCUT2D eigenvalue weighted by Crippen LogP contribution is 2.16. The van der Waals surface area contributed by atoms with E-state index in [0.717, 1.165) is 17.9 Å². The van der Waals surface area contributed by atoms with Crippen LogP contribution in [0.3, 0.4) is 0 Å². The Labute approximate surface area is 135 Å². The van der Waals surface area contributed by atoms with Crippen molar-refractivity contribution in [1.82, 2.24) is 0 Å². The highest BCUT2D eigenvalue weighted by Gasteiger charge is 2.09. The molecule has 0 aliphatic carbocycles. The molecule has 2 aromatic rings. The van der Waals surface area contributed by atoms with E-state index in [1.807, 2.05) is 12.1 Å². The molecular formula is C18H18N2O3. The van der Waals surface area contributed by atoms with E-state index in [1.165, 1.54) is 7.11 Å². The maximum Gasteiger partial charge on any atom is 0.339 e. The first kappa shape index (κ1) is 16.4. The minimum absolute atomic E-state index is 0.359. The Hall–Kier alpha value is -3.00. The molecule has 1 N–H and O–H groups in total. The lowest BCUT2D eigenvalue weighted by Gasteiger charge is -2.11. The van der Waals surface area contributed by atoms with Crippen LogP contribution in [0.4, 0.5) is 5.69 Å². The molecule has 0 aromatic heterocycles. The summed E-state index contributed by atoms with van der Waals surface area (Å²) in [5.74, 6) is 0.376. The van der Waals surface area contributed by atoms with E-state index in [2.05, 4.69) is 11.4 Å². The van der Waals surface area contributed by atoms with E-state index in [0.29, 0.717) is 24.3 Å². The largest absolute Gasteiger partial charge is 0.494 e. The first-order valence-corrected chi connectivity index (χ1v) is 7.29. The summed E-state index contributed by atoms with van der Waals surface area (Å²) in [6.07, 6.45) is 0.773. The van der Waals surface area contributed by atoms with Crippen LogP contribution in [0.15, 0.2) is 48.5 Å². The third kappa shape index (κ3) is 4.75. The lowest BCUT2D eigenvalue weighted by Crippen LogP contribution is -2.11. The zero-order valence-corrected chi connectivity index (χ0v) is 12.9. The van der Waals surface area contributed by atoms with Gasteiger partial charge in [-0.25, -0.2) is 4.79 Å². The molecule has 0 heterocycles. The predicted molar refractivity (Wildman–Crippen MR) is 87.5 cm³/mol. The second kappa shape index (κ2) is 8.44. The summed E-state index contributed by atoms with van der Waals surface area (Å²) in [5.41, 5.74) is 1.87. The molecule has 0 fully saturated rings. The van der Waals surface area contributed by atoms with Crippen LogP contribution < -0.4 is 10.1 Å². The van der Waals surface area contributed by atoms with Crippen LogP contribution in [0, 0.1) is 11.3 Å². The molecule has 23 heavy (non-hydrogen) atoms. The highest BCUT2D eigenvalue weighted by atomic mass is 16.5. The number of hydrogen-bond donors (Lipinski definition) is 1.